The van der Waals surface area contributed by atoms with E-state index in [1.54, 1.807) is 0 Å². The number of aryl methyl sites for hydroxylation is 2. The second-order valence-corrected chi connectivity index (χ2v) is 10.1. The van der Waals surface area contributed by atoms with Crippen molar-refractivity contribution in [1.82, 2.24) is 14.3 Å². The zero-order valence-corrected chi connectivity index (χ0v) is 20.3. The molecule has 33 heavy (non-hydrogen) atoms. The third kappa shape index (κ3) is 3.58. The van der Waals surface area contributed by atoms with Crippen LogP contribution in [0, 0.1) is 26.2 Å². The summed E-state index contributed by atoms with van der Waals surface area (Å²) in [5, 5.41) is 8.33. The van der Waals surface area contributed by atoms with Crippen molar-refractivity contribution in [2.75, 3.05) is 11.9 Å². The van der Waals surface area contributed by atoms with Gasteiger partial charge in [-0.1, -0.05) is 13.8 Å². The van der Waals surface area contributed by atoms with Gasteiger partial charge in [0.2, 0.25) is 0 Å². The Labute approximate surface area is 195 Å². The van der Waals surface area contributed by atoms with E-state index in [2.05, 4.69) is 61.8 Å². The first-order chi connectivity index (χ1) is 15.7. The Morgan fingerprint density at radius 3 is 2.55 bits per heavy atom. The zero-order chi connectivity index (χ0) is 23.5. The topological polar surface area (TPSA) is 61.1 Å². The molecular formula is C27H32N4O2. The number of carbonyl (C=O) groups is 1. The summed E-state index contributed by atoms with van der Waals surface area (Å²) in [6.07, 6.45) is 1.41. The lowest BCUT2D eigenvalue weighted by Gasteiger charge is -2.38. The summed E-state index contributed by atoms with van der Waals surface area (Å²) in [5.74, 6) is 2.03. The van der Waals surface area contributed by atoms with Crippen LogP contribution in [-0.2, 0) is 4.79 Å². The van der Waals surface area contributed by atoms with Crippen molar-refractivity contribution >= 4 is 11.6 Å². The first kappa shape index (κ1) is 21.6. The van der Waals surface area contributed by atoms with Gasteiger partial charge in [0.05, 0.1) is 12.3 Å². The Morgan fingerprint density at radius 1 is 1.12 bits per heavy atom. The molecule has 0 fully saturated rings. The highest BCUT2D eigenvalue weighted by molar-refractivity contribution is 6.00. The molecule has 3 heterocycles. The van der Waals surface area contributed by atoms with Gasteiger partial charge in [-0.25, -0.2) is 4.68 Å². The molecule has 2 aliphatic rings. The third-order valence-corrected chi connectivity index (χ3v) is 6.75. The molecule has 5 rings (SSSR count). The van der Waals surface area contributed by atoms with Crippen molar-refractivity contribution in [3.8, 4) is 11.4 Å². The maximum Gasteiger partial charge on any atom is 0.163 e. The molecular weight excluding hydrogens is 412 g/mol. The summed E-state index contributed by atoms with van der Waals surface area (Å²) in [6.45, 7) is 13.2. The Balaban J connectivity index is 1.66. The average molecular weight is 445 g/mol. The molecule has 1 atom stereocenters. The van der Waals surface area contributed by atoms with Crippen LogP contribution in [0.2, 0.25) is 0 Å². The van der Waals surface area contributed by atoms with Crippen molar-refractivity contribution in [3.05, 3.63) is 70.3 Å². The Morgan fingerprint density at radius 2 is 1.85 bits per heavy atom. The number of hydrogen-bond acceptors (Lipinski definition) is 4. The lowest BCUT2D eigenvalue weighted by molar-refractivity contribution is -0.118. The number of carbonyl (C=O) groups excluding carboxylic acids is 1. The van der Waals surface area contributed by atoms with Crippen LogP contribution in [0.25, 0.3) is 5.69 Å². The minimum Gasteiger partial charge on any atom is -0.494 e. The number of anilines is 1. The number of nitrogens with zero attached hydrogens (tertiary/aromatic N) is 3. The van der Waals surface area contributed by atoms with E-state index in [9.17, 15) is 4.79 Å². The summed E-state index contributed by atoms with van der Waals surface area (Å²) < 4.78 is 9.86. The predicted molar refractivity (Wildman–Crippen MR) is 130 cm³/mol. The Bertz CT molecular complexity index is 1270. The zero-order valence-electron chi connectivity index (χ0n) is 20.3. The van der Waals surface area contributed by atoms with Crippen molar-refractivity contribution in [1.29, 1.82) is 0 Å². The van der Waals surface area contributed by atoms with Gasteiger partial charge in [0.25, 0.3) is 0 Å². The lowest BCUT2D eigenvalue weighted by atomic mass is 9.73. The molecule has 1 aliphatic carbocycles. The molecule has 1 unspecified atom stereocenters. The van der Waals surface area contributed by atoms with Crippen molar-refractivity contribution < 1.29 is 9.53 Å². The largest absolute Gasteiger partial charge is 0.494 e. The monoisotopic (exact) mass is 444 g/mol. The molecule has 6 nitrogen and oxygen atoms in total. The number of rotatable bonds is 4. The second kappa shape index (κ2) is 7.65. The normalized spacial score (nSPS) is 19.2. The van der Waals surface area contributed by atoms with Gasteiger partial charge in [-0.3, -0.25) is 4.79 Å². The van der Waals surface area contributed by atoms with Crippen LogP contribution in [0.5, 0.6) is 5.75 Å². The van der Waals surface area contributed by atoms with Crippen molar-refractivity contribution in [2.24, 2.45) is 5.41 Å². The van der Waals surface area contributed by atoms with Gasteiger partial charge in [-0.05, 0) is 69.9 Å². The van der Waals surface area contributed by atoms with Crippen molar-refractivity contribution in [3.63, 3.8) is 0 Å². The number of fused-ring (bicyclic) bond motifs is 1. The van der Waals surface area contributed by atoms with Crippen LogP contribution >= 0.6 is 0 Å². The molecule has 0 saturated heterocycles. The highest BCUT2D eigenvalue weighted by Gasteiger charge is 2.42. The number of Topliss-reactive ketones (excluding diaryl/α,β-unsaturated/α-hetero) is 1. The molecule has 1 aromatic carbocycles. The van der Waals surface area contributed by atoms with Gasteiger partial charge in [-0.2, -0.15) is 5.10 Å². The third-order valence-electron chi connectivity index (χ3n) is 6.75. The Hall–Kier alpha value is -3.28. The first-order valence-corrected chi connectivity index (χ1v) is 11.7. The Kier molecular flexibility index (Phi) is 5.00. The van der Waals surface area contributed by atoms with E-state index in [0.717, 1.165) is 57.6 Å². The number of ketones is 1. The number of hydrogen-bond donors (Lipinski definition) is 1. The molecule has 3 aromatic rings. The van der Waals surface area contributed by atoms with Crippen LogP contribution < -0.4 is 10.1 Å². The standard InChI is InChI=1S/C27H32N4O2/c1-7-33-20-10-8-19(9-11-20)30-17(3)13-21(18(30)4)26-25-22(14-27(5,6)15-23(25)32)28-24-12-16(2)29-31(24)26/h8-13,26,28H,7,14-15H2,1-6H3. The van der Waals surface area contributed by atoms with Crippen LogP contribution in [0.3, 0.4) is 0 Å². The molecule has 0 saturated carbocycles. The number of benzene rings is 1. The minimum atomic E-state index is -0.226. The van der Waals surface area contributed by atoms with E-state index in [1.807, 2.05) is 30.7 Å². The maximum atomic E-state index is 13.5. The number of aromatic nitrogens is 3. The molecule has 172 valence electrons. The molecule has 1 N–H and O–H groups in total. The van der Waals surface area contributed by atoms with E-state index in [0.29, 0.717) is 13.0 Å². The van der Waals surface area contributed by atoms with Crippen molar-refractivity contribution in [2.45, 2.75) is 60.4 Å². The highest BCUT2D eigenvalue weighted by Crippen LogP contribution is 2.47. The minimum absolute atomic E-state index is 0.0517. The predicted octanol–water partition coefficient (Wildman–Crippen LogP) is 5.66. The fraction of sp³-hybridized carbons (Fsp3) is 0.407. The molecule has 0 amide bonds. The molecule has 1 aliphatic heterocycles. The fourth-order valence-electron chi connectivity index (χ4n) is 5.45. The van der Waals surface area contributed by atoms with E-state index in [4.69, 9.17) is 9.84 Å². The van der Waals surface area contributed by atoms with E-state index in [1.165, 1.54) is 0 Å². The summed E-state index contributed by atoms with van der Waals surface area (Å²) in [5.41, 5.74) is 7.23. The fourth-order valence-corrected chi connectivity index (χ4v) is 5.45. The molecule has 2 aromatic heterocycles. The maximum absolute atomic E-state index is 13.5. The van der Waals surface area contributed by atoms with Crippen LogP contribution in [0.4, 0.5) is 5.82 Å². The van der Waals surface area contributed by atoms with Gasteiger partial charge < -0.3 is 14.6 Å². The summed E-state index contributed by atoms with van der Waals surface area (Å²) in [6, 6.07) is 12.2. The number of ether oxygens (including phenoxy) is 1. The quantitative estimate of drug-likeness (QED) is 0.564. The molecule has 0 bridgehead atoms. The van der Waals surface area contributed by atoms with E-state index >= 15 is 0 Å². The van der Waals surface area contributed by atoms with Gasteiger partial charge >= 0.3 is 0 Å². The summed E-state index contributed by atoms with van der Waals surface area (Å²) in [7, 11) is 0. The van der Waals surface area contributed by atoms with Crippen LogP contribution in [-0.4, -0.2) is 26.7 Å². The molecule has 0 radical (unpaired) electrons. The number of allylic oxidation sites excluding steroid dienone is 2. The van der Waals surface area contributed by atoms with Crippen LogP contribution in [0.15, 0.2) is 47.7 Å². The van der Waals surface area contributed by atoms with E-state index < -0.39 is 0 Å². The van der Waals surface area contributed by atoms with Gasteiger partial charge in [-0.15, -0.1) is 0 Å². The van der Waals surface area contributed by atoms with Gasteiger partial charge in [0.15, 0.2) is 5.78 Å². The summed E-state index contributed by atoms with van der Waals surface area (Å²) in [4.78, 5) is 13.5. The number of nitrogens with one attached hydrogen (secondary N) is 1. The first-order valence-electron chi connectivity index (χ1n) is 11.7. The lowest BCUT2D eigenvalue weighted by Crippen LogP contribution is -2.36. The average Bonchev–Trinajstić information content (AvgIpc) is 3.24. The van der Waals surface area contributed by atoms with Gasteiger partial charge in [0, 0.05) is 46.4 Å². The highest BCUT2D eigenvalue weighted by atomic mass is 16.5. The summed E-state index contributed by atoms with van der Waals surface area (Å²) >= 11 is 0. The van der Waals surface area contributed by atoms with Crippen LogP contribution in [0.1, 0.15) is 62.3 Å². The molecule has 6 heteroatoms. The molecule has 0 spiro atoms. The SMILES string of the molecule is CCOc1ccc(-n2c(C)cc(C3C4=C(CC(C)(C)CC4=O)Nc4cc(C)nn43)c2C)cc1. The van der Waals surface area contributed by atoms with Gasteiger partial charge in [0.1, 0.15) is 17.6 Å². The second-order valence-electron chi connectivity index (χ2n) is 10.1. The smallest absolute Gasteiger partial charge is 0.163 e. The van der Waals surface area contributed by atoms with E-state index in [-0.39, 0.29) is 17.2 Å².